The van der Waals surface area contributed by atoms with Crippen LogP contribution in [0.5, 0.6) is 0 Å². The molecule has 0 radical (unpaired) electrons. The monoisotopic (exact) mass is 442 g/mol. The van der Waals surface area contributed by atoms with Gasteiger partial charge in [0.2, 0.25) is 15.9 Å². The zero-order valence-corrected chi connectivity index (χ0v) is 18.5. The number of thiophene rings is 1. The van der Waals surface area contributed by atoms with Gasteiger partial charge >= 0.3 is 0 Å². The summed E-state index contributed by atoms with van der Waals surface area (Å²) in [7, 11) is -1.72. The van der Waals surface area contributed by atoms with Crippen LogP contribution < -0.4 is 10.0 Å². The van der Waals surface area contributed by atoms with Gasteiger partial charge in [-0.3, -0.25) is 14.7 Å². The minimum Gasteiger partial charge on any atom is -0.355 e. The third kappa shape index (κ3) is 6.14. The number of likely N-dealkylation sites (tertiary alicyclic amines) is 1. The summed E-state index contributed by atoms with van der Waals surface area (Å²) in [6.07, 6.45) is 2.23. The van der Waals surface area contributed by atoms with Gasteiger partial charge in [0.05, 0.1) is 6.54 Å². The van der Waals surface area contributed by atoms with Gasteiger partial charge in [-0.2, -0.15) is 0 Å². The lowest BCUT2D eigenvalue weighted by atomic mass is 10.3. The number of nitrogens with zero attached hydrogens (tertiary/aromatic N) is 4. The van der Waals surface area contributed by atoms with E-state index in [0.29, 0.717) is 17.3 Å². The zero-order chi connectivity index (χ0) is 20.7. The number of piperazine rings is 1. The molecule has 0 bridgehead atoms. The fourth-order valence-corrected chi connectivity index (χ4v) is 5.62. The van der Waals surface area contributed by atoms with Crippen LogP contribution in [0.2, 0.25) is 0 Å². The first-order valence-electron chi connectivity index (χ1n) is 9.98. The van der Waals surface area contributed by atoms with Gasteiger partial charge in [0.25, 0.3) is 0 Å². The molecule has 0 spiro atoms. The van der Waals surface area contributed by atoms with Crippen LogP contribution in [0.15, 0.2) is 26.7 Å². The number of amides is 1. The Bertz CT molecular complexity index is 783. The highest BCUT2D eigenvalue weighted by Gasteiger charge is 2.24. The van der Waals surface area contributed by atoms with Gasteiger partial charge in [-0.15, -0.1) is 11.3 Å². The molecule has 1 aromatic heterocycles. The largest absolute Gasteiger partial charge is 0.355 e. The summed E-state index contributed by atoms with van der Waals surface area (Å²) in [5.74, 6) is 0.988. The highest BCUT2D eigenvalue weighted by atomic mass is 32.2. The SMILES string of the molecule is CN=C(NCCNS(=O)(=O)c1cccs1)N1CCN(CC(=O)N2CCCC2)CC1. The molecule has 0 aromatic carbocycles. The Morgan fingerprint density at radius 3 is 2.45 bits per heavy atom. The van der Waals surface area contributed by atoms with E-state index in [-0.39, 0.29) is 12.5 Å². The Labute approximate surface area is 176 Å². The van der Waals surface area contributed by atoms with Crippen molar-refractivity contribution in [1.29, 1.82) is 0 Å². The summed E-state index contributed by atoms with van der Waals surface area (Å²) in [4.78, 5) is 22.9. The smallest absolute Gasteiger partial charge is 0.250 e. The van der Waals surface area contributed by atoms with Crippen LogP contribution in [0.4, 0.5) is 0 Å². The van der Waals surface area contributed by atoms with Crippen molar-refractivity contribution in [2.24, 2.45) is 4.99 Å². The predicted molar refractivity (Wildman–Crippen MR) is 115 cm³/mol. The molecule has 1 amide bonds. The molecule has 2 aliphatic rings. The van der Waals surface area contributed by atoms with E-state index in [2.05, 4.69) is 24.8 Å². The first kappa shape index (κ1) is 22.0. The maximum Gasteiger partial charge on any atom is 0.250 e. The molecule has 3 heterocycles. The number of hydrogen-bond acceptors (Lipinski definition) is 6. The molecule has 3 rings (SSSR count). The first-order valence-corrected chi connectivity index (χ1v) is 12.3. The van der Waals surface area contributed by atoms with Crippen LogP contribution in [0.1, 0.15) is 12.8 Å². The van der Waals surface area contributed by atoms with Crippen LogP contribution >= 0.6 is 11.3 Å². The Hall–Kier alpha value is -1.69. The summed E-state index contributed by atoms with van der Waals surface area (Å²) in [6, 6.07) is 3.31. The lowest BCUT2D eigenvalue weighted by molar-refractivity contribution is -0.131. The molecule has 2 saturated heterocycles. The van der Waals surface area contributed by atoms with Crippen molar-refractivity contribution in [1.82, 2.24) is 24.7 Å². The Morgan fingerprint density at radius 1 is 1.10 bits per heavy atom. The van der Waals surface area contributed by atoms with E-state index in [0.717, 1.165) is 58.1 Å². The quantitative estimate of drug-likeness (QED) is 0.346. The van der Waals surface area contributed by atoms with Crippen LogP contribution in [0.25, 0.3) is 0 Å². The van der Waals surface area contributed by atoms with Gasteiger partial charge in [-0.1, -0.05) is 6.07 Å². The number of sulfonamides is 1. The normalized spacial score (nSPS) is 19.0. The second kappa shape index (κ2) is 10.4. The van der Waals surface area contributed by atoms with E-state index in [1.807, 2.05) is 4.90 Å². The lowest BCUT2D eigenvalue weighted by Gasteiger charge is -2.36. The molecule has 0 unspecified atom stereocenters. The van der Waals surface area contributed by atoms with Gasteiger partial charge < -0.3 is 15.1 Å². The number of aliphatic imine (C=N–C) groups is 1. The molecule has 2 fully saturated rings. The number of guanidine groups is 1. The third-order valence-electron chi connectivity index (χ3n) is 5.16. The van der Waals surface area contributed by atoms with E-state index in [1.165, 1.54) is 11.3 Å². The Morgan fingerprint density at radius 2 is 1.83 bits per heavy atom. The van der Waals surface area contributed by atoms with Crippen molar-refractivity contribution in [2.45, 2.75) is 17.1 Å². The molecular weight excluding hydrogens is 412 g/mol. The van der Waals surface area contributed by atoms with Crippen molar-refractivity contribution in [2.75, 3.05) is 66.0 Å². The summed E-state index contributed by atoms with van der Waals surface area (Å²) in [5.41, 5.74) is 0. The zero-order valence-electron chi connectivity index (χ0n) is 16.8. The van der Waals surface area contributed by atoms with Crippen LogP contribution in [0, 0.1) is 0 Å². The fourth-order valence-electron chi connectivity index (χ4n) is 3.56. The van der Waals surface area contributed by atoms with Gasteiger partial charge in [0.1, 0.15) is 4.21 Å². The summed E-state index contributed by atoms with van der Waals surface area (Å²) in [5, 5.41) is 4.96. The number of nitrogens with one attached hydrogen (secondary N) is 2. The minimum absolute atomic E-state index is 0.233. The standard InChI is InChI=1S/C18H30N6O3S2/c1-19-18(20-6-7-21-29(26,27)17-5-4-14-28-17)24-12-10-22(11-13-24)15-16(25)23-8-2-3-9-23/h4-5,14,21H,2-3,6-13,15H2,1H3,(H,19,20). The summed E-state index contributed by atoms with van der Waals surface area (Å²) >= 11 is 1.20. The van der Waals surface area contributed by atoms with Crippen molar-refractivity contribution in [3.63, 3.8) is 0 Å². The number of rotatable bonds is 7. The lowest BCUT2D eigenvalue weighted by Crippen LogP contribution is -2.54. The molecule has 29 heavy (non-hydrogen) atoms. The topological polar surface area (TPSA) is 97.3 Å². The highest BCUT2D eigenvalue weighted by Crippen LogP contribution is 2.14. The van der Waals surface area contributed by atoms with Gasteiger partial charge in [0.15, 0.2) is 5.96 Å². The van der Waals surface area contributed by atoms with Crippen LogP contribution in [-0.4, -0.2) is 101 Å². The predicted octanol–water partition coefficient (Wildman–Crippen LogP) is -0.158. The van der Waals surface area contributed by atoms with Gasteiger partial charge in [0, 0.05) is 59.4 Å². The van der Waals surface area contributed by atoms with Crippen molar-refractivity contribution in [3.05, 3.63) is 17.5 Å². The summed E-state index contributed by atoms with van der Waals surface area (Å²) < 4.78 is 27.2. The maximum absolute atomic E-state index is 12.3. The van der Waals surface area contributed by atoms with Crippen molar-refractivity contribution < 1.29 is 13.2 Å². The molecule has 2 N–H and O–H groups in total. The molecule has 2 aliphatic heterocycles. The first-order chi connectivity index (χ1) is 14.0. The highest BCUT2D eigenvalue weighted by molar-refractivity contribution is 7.91. The van der Waals surface area contributed by atoms with E-state index in [9.17, 15) is 13.2 Å². The van der Waals surface area contributed by atoms with E-state index in [4.69, 9.17) is 0 Å². The minimum atomic E-state index is -3.44. The molecule has 11 heteroatoms. The van der Waals surface area contributed by atoms with Crippen LogP contribution in [-0.2, 0) is 14.8 Å². The van der Waals surface area contributed by atoms with Gasteiger partial charge in [-0.05, 0) is 24.3 Å². The molecule has 9 nitrogen and oxygen atoms in total. The Kier molecular flexibility index (Phi) is 7.87. The van der Waals surface area contributed by atoms with Crippen molar-refractivity contribution in [3.8, 4) is 0 Å². The average molecular weight is 443 g/mol. The number of carbonyl (C=O) groups is 1. The second-order valence-electron chi connectivity index (χ2n) is 7.15. The molecule has 162 valence electrons. The number of hydrogen-bond donors (Lipinski definition) is 2. The maximum atomic E-state index is 12.3. The molecule has 1 aromatic rings. The summed E-state index contributed by atoms with van der Waals surface area (Å²) in [6.45, 7) is 6.20. The van der Waals surface area contributed by atoms with Crippen molar-refractivity contribution >= 4 is 33.2 Å². The number of carbonyl (C=O) groups excluding carboxylic acids is 1. The fraction of sp³-hybridized carbons (Fsp3) is 0.667. The molecule has 0 atom stereocenters. The molecule has 0 aliphatic carbocycles. The molecular formula is C18H30N6O3S2. The van der Waals surface area contributed by atoms with Crippen LogP contribution in [0.3, 0.4) is 0 Å². The van der Waals surface area contributed by atoms with E-state index < -0.39 is 10.0 Å². The third-order valence-corrected chi connectivity index (χ3v) is 8.02. The van der Waals surface area contributed by atoms with E-state index >= 15 is 0 Å². The average Bonchev–Trinajstić information content (AvgIpc) is 3.43. The molecule has 0 saturated carbocycles. The van der Waals surface area contributed by atoms with E-state index in [1.54, 1.807) is 24.6 Å². The second-order valence-corrected chi connectivity index (χ2v) is 10.1. The Balaban J connectivity index is 1.37. The van der Waals surface area contributed by atoms with Gasteiger partial charge in [-0.25, -0.2) is 13.1 Å².